The number of hydrogen-bond donors (Lipinski definition) is 2. The van der Waals surface area contributed by atoms with E-state index < -0.39 is 0 Å². The minimum absolute atomic E-state index is 0.0732. The molecule has 1 saturated carbocycles. The third-order valence-corrected chi connectivity index (χ3v) is 5.02. The first-order chi connectivity index (χ1) is 9.22. The molecule has 2 rings (SSSR count). The maximum atomic E-state index is 12.3. The van der Waals surface area contributed by atoms with Gasteiger partial charge in [0, 0.05) is 6.04 Å². The predicted octanol–water partition coefficient (Wildman–Crippen LogP) is 2.85. The van der Waals surface area contributed by atoms with E-state index in [1.807, 2.05) is 0 Å². The van der Waals surface area contributed by atoms with Gasteiger partial charge in [-0.3, -0.25) is 4.79 Å². The zero-order valence-corrected chi connectivity index (χ0v) is 12.6. The molecule has 1 aliphatic heterocycles. The first-order valence-electron chi connectivity index (χ1n) is 8.26. The lowest BCUT2D eigenvalue weighted by molar-refractivity contribution is -0.124. The molecule has 1 aliphatic carbocycles. The SMILES string of the molecule is CCCCC1C(C)CCCC1NC(=O)C1CCCN1. The van der Waals surface area contributed by atoms with Gasteiger partial charge in [0.25, 0.3) is 0 Å². The summed E-state index contributed by atoms with van der Waals surface area (Å²) in [5.74, 6) is 1.71. The zero-order chi connectivity index (χ0) is 13.7. The van der Waals surface area contributed by atoms with Gasteiger partial charge in [0.1, 0.15) is 0 Å². The van der Waals surface area contributed by atoms with Gasteiger partial charge in [0.15, 0.2) is 0 Å². The normalized spacial score (nSPS) is 35.3. The fourth-order valence-electron chi connectivity index (χ4n) is 3.78. The van der Waals surface area contributed by atoms with Gasteiger partial charge >= 0.3 is 0 Å². The first-order valence-corrected chi connectivity index (χ1v) is 8.26. The summed E-state index contributed by atoms with van der Waals surface area (Å²) in [4.78, 5) is 12.3. The average Bonchev–Trinajstić information content (AvgIpc) is 2.92. The highest BCUT2D eigenvalue weighted by molar-refractivity contribution is 5.82. The quantitative estimate of drug-likeness (QED) is 0.803. The summed E-state index contributed by atoms with van der Waals surface area (Å²) in [6, 6.07) is 0.495. The van der Waals surface area contributed by atoms with Crippen LogP contribution in [0.5, 0.6) is 0 Å². The fourth-order valence-corrected chi connectivity index (χ4v) is 3.78. The molecular weight excluding hydrogens is 236 g/mol. The molecule has 1 saturated heterocycles. The summed E-state index contributed by atoms with van der Waals surface area (Å²) in [7, 11) is 0. The summed E-state index contributed by atoms with van der Waals surface area (Å²) in [5.41, 5.74) is 0. The summed E-state index contributed by atoms with van der Waals surface area (Å²) < 4.78 is 0. The summed E-state index contributed by atoms with van der Waals surface area (Å²) in [6.45, 7) is 5.62. The topological polar surface area (TPSA) is 41.1 Å². The van der Waals surface area contributed by atoms with E-state index in [2.05, 4.69) is 24.5 Å². The Labute approximate surface area is 117 Å². The number of carbonyl (C=O) groups is 1. The van der Waals surface area contributed by atoms with Crippen molar-refractivity contribution in [1.82, 2.24) is 10.6 Å². The molecule has 2 N–H and O–H groups in total. The van der Waals surface area contributed by atoms with E-state index in [9.17, 15) is 4.79 Å². The lowest BCUT2D eigenvalue weighted by Gasteiger charge is -2.37. The van der Waals surface area contributed by atoms with Crippen LogP contribution in [0, 0.1) is 11.8 Å². The van der Waals surface area contributed by atoms with Crippen LogP contribution in [0.3, 0.4) is 0 Å². The third kappa shape index (κ3) is 3.95. The maximum Gasteiger partial charge on any atom is 0.237 e. The molecular formula is C16H30N2O. The second kappa shape index (κ2) is 7.28. The molecule has 19 heavy (non-hydrogen) atoms. The molecule has 2 fully saturated rings. The molecule has 0 aromatic rings. The molecule has 0 bridgehead atoms. The van der Waals surface area contributed by atoms with Crippen molar-refractivity contribution in [2.45, 2.75) is 77.3 Å². The monoisotopic (exact) mass is 266 g/mol. The minimum atomic E-state index is 0.0732. The van der Waals surface area contributed by atoms with E-state index in [1.165, 1.54) is 38.5 Å². The number of rotatable bonds is 5. The Morgan fingerprint density at radius 3 is 2.79 bits per heavy atom. The predicted molar refractivity (Wildman–Crippen MR) is 79.0 cm³/mol. The Hall–Kier alpha value is -0.570. The Morgan fingerprint density at radius 1 is 1.26 bits per heavy atom. The van der Waals surface area contributed by atoms with Crippen molar-refractivity contribution in [2.24, 2.45) is 11.8 Å². The van der Waals surface area contributed by atoms with Gasteiger partial charge in [-0.25, -0.2) is 0 Å². The molecule has 2 aliphatic rings. The highest BCUT2D eigenvalue weighted by Crippen LogP contribution is 2.33. The molecule has 3 nitrogen and oxygen atoms in total. The molecule has 4 atom stereocenters. The van der Waals surface area contributed by atoms with Gasteiger partial charge in [-0.15, -0.1) is 0 Å². The number of carbonyl (C=O) groups excluding carboxylic acids is 1. The molecule has 4 unspecified atom stereocenters. The van der Waals surface area contributed by atoms with Gasteiger partial charge in [-0.2, -0.15) is 0 Å². The highest BCUT2D eigenvalue weighted by atomic mass is 16.2. The summed E-state index contributed by atoms with van der Waals surface area (Å²) >= 11 is 0. The van der Waals surface area contributed by atoms with Crippen LogP contribution < -0.4 is 10.6 Å². The second-order valence-electron chi connectivity index (χ2n) is 6.48. The van der Waals surface area contributed by atoms with Gasteiger partial charge < -0.3 is 10.6 Å². The van der Waals surface area contributed by atoms with Crippen molar-refractivity contribution in [3.63, 3.8) is 0 Å². The molecule has 1 heterocycles. The summed E-state index contributed by atoms with van der Waals surface area (Å²) in [5, 5.41) is 6.65. The Morgan fingerprint density at radius 2 is 2.11 bits per heavy atom. The largest absolute Gasteiger partial charge is 0.352 e. The molecule has 0 aromatic heterocycles. The number of nitrogens with one attached hydrogen (secondary N) is 2. The van der Waals surface area contributed by atoms with Crippen LogP contribution in [0.25, 0.3) is 0 Å². The summed E-state index contributed by atoms with van der Waals surface area (Å²) in [6.07, 6.45) is 9.76. The minimum Gasteiger partial charge on any atom is -0.352 e. The van der Waals surface area contributed by atoms with E-state index in [4.69, 9.17) is 0 Å². The van der Waals surface area contributed by atoms with Crippen LogP contribution in [-0.2, 0) is 4.79 Å². The fraction of sp³-hybridized carbons (Fsp3) is 0.938. The number of amides is 1. The lowest BCUT2D eigenvalue weighted by Crippen LogP contribution is -2.50. The van der Waals surface area contributed by atoms with E-state index in [-0.39, 0.29) is 11.9 Å². The molecule has 0 spiro atoms. The number of hydrogen-bond acceptors (Lipinski definition) is 2. The van der Waals surface area contributed by atoms with E-state index in [1.54, 1.807) is 0 Å². The van der Waals surface area contributed by atoms with Gasteiger partial charge in [0.2, 0.25) is 5.91 Å². The first kappa shape index (κ1) is 14.8. The van der Waals surface area contributed by atoms with Crippen LogP contribution >= 0.6 is 0 Å². The van der Waals surface area contributed by atoms with E-state index in [0.717, 1.165) is 25.3 Å². The van der Waals surface area contributed by atoms with Gasteiger partial charge in [0.05, 0.1) is 6.04 Å². The van der Waals surface area contributed by atoms with E-state index in [0.29, 0.717) is 12.0 Å². The van der Waals surface area contributed by atoms with Gasteiger partial charge in [-0.1, -0.05) is 39.5 Å². The van der Waals surface area contributed by atoms with Crippen molar-refractivity contribution in [3.05, 3.63) is 0 Å². The Kier molecular flexibility index (Phi) is 5.68. The smallest absolute Gasteiger partial charge is 0.237 e. The van der Waals surface area contributed by atoms with Crippen molar-refractivity contribution in [2.75, 3.05) is 6.54 Å². The lowest BCUT2D eigenvalue weighted by atomic mass is 9.74. The highest BCUT2D eigenvalue weighted by Gasteiger charge is 2.33. The Balaban J connectivity index is 1.89. The zero-order valence-electron chi connectivity index (χ0n) is 12.6. The molecule has 0 radical (unpaired) electrons. The maximum absolute atomic E-state index is 12.3. The van der Waals surface area contributed by atoms with Crippen molar-refractivity contribution < 1.29 is 4.79 Å². The third-order valence-electron chi connectivity index (χ3n) is 5.02. The van der Waals surface area contributed by atoms with Crippen LogP contribution in [-0.4, -0.2) is 24.5 Å². The number of unbranched alkanes of at least 4 members (excludes halogenated alkanes) is 1. The van der Waals surface area contributed by atoms with Crippen LogP contribution in [0.2, 0.25) is 0 Å². The molecule has 110 valence electrons. The standard InChI is InChI=1S/C16H30N2O/c1-3-4-8-13-12(2)7-5-9-14(13)18-16(19)15-10-6-11-17-15/h12-15,17H,3-11H2,1-2H3,(H,18,19). The van der Waals surface area contributed by atoms with Crippen LogP contribution in [0.4, 0.5) is 0 Å². The van der Waals surface area contributed by atoms with E-state index >= 15 is 0 Å². The molecule has 3 heteroatoms. The Bertz CT molecular complexity index is 286. The second-order valence-corrected chi connectivity index (χ2v) is 6.48. The van der Waals surface area contributed by atoms with Crippen molar-refractivity contribution in [3.8, 4) is 0 Å². The van der Waals surface area contributed by atoms with Crippen molar-refractivity contribution >= 4 is 5.91 Å². The molecule has 0 aromatic carbocycles. The van der Waals surface area contributed by atoms with Crippen LogP contribution in [0.15, 0.2) is 0 Å². The van der Waals surface area contributed by atoms with Gasteiger partial charge in [-0.05, 0) is 44.1 Å². The van der Waals surface area contributed by atoms with Crippen molar-refractivity contribution in [1.29, 1.82) is 0 Å². The average molecular weight is 266 g/mol. The molecule has 1 amide bonds. The van der Waals surface area contributed by atoms with Crippen LogP contribution in [0.1, 0.15) is 65.2 Å².